The van der Waals surface area contributed by atoms with Gasteiger partial charge in [-0.3, -0.25) is 14.5 Å². The van der Waals surface area contributed by atoms with Crippen LogP contribution in [0.1, 0.15) is 28.1 Å². The number of rotatable bonds is 6. The van der Waals surface area contributed by atoms with Gasteiger partial charge in [0, 0.05) is 25.1 Å². The summed E-state index contributed by atoms with van der Waals surface area (Å²) < 4.78 is 18.8. The van der Waals surface area contributed by atoms with Crippen LogP contribution in [0.3, 0.4) is 0 Å². The second kappa shape index (κ2) is 7.48. The van der Waals surface area contributed by atoms with Crippen LogP contribution in [0.15, 0.2) is 47.1 Å². The van der Waals surface area contributed by atoms with Crippen LogP contribution in [0.25, 0.3) is 0 Å². The second-order valence-electron chi connectivity index (χ2n) is 6.14. The summed E-state index contributed by atoms with van der Waals surface area (Å²) in [5.74, 6) is -0.0816. The van der Waals surface area contributed by atoms with E-state index < -0.39 is 18.1 Å². The standard InChI is InChI=1S/C18H20FN3O3/c19-14-8-16(17(20)23)22(11-14)10-12-3-1-4-13(7-12)18(24)21-9-15-5-2-6-25-15/h1-7,14,16H,8-11H2,(H2,20,23)(H,21,24)/t14-,16+/m1/s1. The van der Waals surface area contributed by atoms with Gasteiger partial charge in [-0.1, -0.05) is 12.1 Å². The van der Waals surface area contributed by atoms with Gasteiger partial charge in [0.2, 0.25) is 5.91 Å². The Balaban J connectivity index is 1.64. The first-order chi connectivity index (χ1) is 12.0. The molecular weight excluding hydrogens is 325 g/mol. The summed E-state index contributed by atoms with van der Waals surface area (Å²) in [6, 6.07) is 9.97. The summed E-state index contributed by atoms with van der Waals surface area (Å²) >= 11 is 0. The van der Waals surface area contributed by atoms with Gasteiger partial charge in [-0.15, -0.1) is 0 Å². The Kier molecular flexibility index (Phi) is 5.14. The van der Waals surface area contributed by atoms with E-state index in [0.29, 0.717) is 24.4 Å². The van der Waals surface area contributed by atoms with Gasteiger partial charge in [0.1, 0.15) is 11.9 Å². The third kappa shape index (κ3) is 4.24. The van der Waals surface area contributed by atoms with Crippen LogP contribution in [0.4, 0.5) is 4.39 Å². The predicted molar refractivity (Wildman–Crippen MR) is 89.2 cm³/mol. The van der Waals surface area contributed by atoms with E-state index in [1.54, 1.807) is 41.5 Å². The van der Waals surface area contributed by atoms with Crippen LogP contribution in [-0.2, 0) is 17.9 Å². The second-order valence-corrected chi connectivity index (χ2v) is 6.14. The fourth-order valence-corrected chi connectivity index (χ4v) is 3.05. The molecule has 1 aromatic heterocycles. The number of nitrogens with two attached hydrogens (primary N) is 1. The number of alkyl halides is 1. The first-order valence-electron chi connectivity index (χ1n) is 8.10. The number of hydrogen-bond acceptors (Lipinski definition) is 4. The average molecular weight is 345 g/mol. The Hall–Kier alpha value is -2.67. The van der Waals surface area contributed by atoms with E-state index in [-0.39, 0.29) is 18.9 Å². The molecule has 0 saturated carbocycles. The van der Waals surface area contributed by atoms with E-state index in [1.807, 2.05) is 6.07 Å². The van der Waals surface area contributed by atoms with Crippen molar-refractivity contribution in [1.29, 1.82) is 0 Å². The maximum absolute atomic E-state index is 13.6. The van der Waals surface area contributed by atoms with Crippen LogP contribution in [0, 0.1) is 0 Å². The molecule has 0 spiro atoms. The van der Waals surface area contributed by atoms with Crippen LogP contribution >= 0.6 is 0 Å². The summed E-state index contributed by atoms with van der Waals surface area (Å²) in [5.41, 5.74) is 6.67. The number of nitrogens with one attached hydrogen (secondary N) is 1. The lowest BCUT2D eigenvalue weighted by atomic mass is 10.1. The summed E-state index contributed by atoms with van der Waals surface area (Å²) in [5, 5.41) is 2.78. The van der Waals surface area contributed by atoms with E-state index in [4.69, 9.17) is 10.2 Å². The van der Waals surface area contributed by atoms with Gasteiger partial charge in [0.05, 0.1) is 18.8 Å². The fourth-order valence-electron chi connectivity index (χ4n) is 3.05. The predicted octanol–water partition coefficient (Wildman–Crippen LogP) is 1.61. The first-order valence-corrected chi connectivity index (χ1v) is 8.10. The summed E-state index contributed by atoms with van der Waals surface area (Å²) in [6.07, 6.45) is 0.613. The topological polar surface area (TPSA) is 88.6 Å². The summed E-state index contributed by atoms with van der Waals surface area (Å²) in [7, 11) is 0. The van der Waals surface area contributed by atoms with Crippen molar-refractivity contribution in [3.63, 3.8) is 0 Å². The van der Waals surface area contributed by atoms with Gasteiger partial charge in [-0.25, -0.2) is 4.39 Å². The normalized spacial score (nSPS) is 20.5. The quantitative estimate of drug-likeness (QED) is 0.832. The minimum atomic E-state index is -1.06. The van der Waals surface area contributed by atoms with Crippen molar-refractivity contribution >= 4 is 11.8 Å². The largest absolute Gasteiger partial charge is 0.467 e. The van der Waals surface area contributed by atoms with Gasteiger partial charge in [0.25, 0.3) is 5.91 Å². The van der Waals surface area contributed by atoms with Gasteiger partial charge in [-0.05, 0) is 29.8 Å². The number of amides is 2. The number of carbonyl (C=O) groups is 2. The molecule has 2 aromatic rings. The molecule has 3 rings (SSSR count). The SMILES string of the molecule is NC(=O)[C@@H]1C[C@@H](F)CN1Cc1cccc(C(=O)NCc2ccco2)c1. The smallest absolute Gasteiger partial charge is 0.251 e. The summed E-state index contributed by atoms with van der Waals surface area (Å²) in [6.45, 7) is 0.839. The molecule has 2 amide bonds. The lowest BCUT2D eigenvalue weighted by Gasteiger charge is -2.21. The zero-order valence-corrected chi connectivity index (χ0v) is 13.7. The number of halogens is 1. The van der Waals surface area contributed by atoms with Crippen LogP contribution in [0.2, 0.25) is 0 Å². The molecule has 6 nitrogen and oxygen atoms in total. The molecule has 1 fully saturated rings. The van der Waals surface area contributed by atoms with Crippen molar-refractivity contribution in [3.05, 3.63) is 59.5 Å². The van der Waals surface area contributed by atoms with Crippen molar-refractivity contribution < 1.29 is 18.4 Å². The maximum atomic E-state index is 13.6. The molecule has 0 bridgehead atoms. The molecule has 1 saturated heterocycles. The van der Waals surface area contributed by atoms with E-state index in [2.05, 4.69) is 5.32 Å². The van der Waals surface area contributed by atoms with Crippen molar-refractivity contribution in [2.24, 2.45) is 5.73 Å². The Bertz CT molecular complexity index is 748. The zero-order chi connectivity index (χ0) is 17.8. The summed E-state index contributed by atoms with van der Waals surface area (Å²) in [4.78, 5) is 25.4. The van der Waals surface area contributed by atoms with Crippen molar-refractivity contribution in [2.45, 2.75) is 31.7 Å². The van der Waals surface area contributed by atoms with E-state index in [1.165, 1.54) is 0 Å². The van der Waals surface area contributed by atoms with Crippen LogP contribution in [0.5, 0.6) is 0 Å². The van der Waals surface area contributed by atoms with E-state index in [9.17, 15) is 14.0 Å². The van der Waals surface area contributed by atoms with Crippen LogP contribution < -0.4 is 11.1 Å². The van der Waals surface area contributed by atoms with Crippen molar-refractivity contribution in [2.75, 3.05) is 6.54 Å². The Morgan fingerprint density at radius 3 is 2.88 bits per heavy atom. The third-order valence-electron chi connectivity index (χ3n) is 4.26. The van der Waals surface area contributed by atoms with Gasteiger partial charge < -0.3 is 15.5 Å². The highest BCUT2D eigenvalue weighted by Crippen LogP contribution is 2.22. The lowest BCUT2D eigenvalue weighted by Crippen LogP contribution is -2.39. The third-order valence-corrected chi connectivity index (χ3v) is 4.26. The Labute approximate surface area is 144 Å². The molecule has 7 heteroatoms. The minimum Gasteiger partial charge on any atom is -0.467 e. The lowest BCUT2D eigenvalue weighted by molar-refractivity contribution is -0.122. The number of benzene rings is 1. The molecule has 3 N–H and O–H groups in total. The van der Waals surface area contributed by atoms with Crippen molar-refractivity contribution in [1.82, 2.24) is 10.2 Å². The van der Waals surface area contributed by atoms with Gasteiger partial charge in [-0.2, -0.15) is 0 Å². The number of hydrogen-bond donors (Lipinski definition) is 2. The fraction of sp³-hybridized carbons (Fsp3) is 0.333. The molecule has 1 aliphatic heterocycles. The highest BCUT2D eigenvalue weighted by atomic mass is 19.1. The molecule has 2 atom stereocenters. The minimum absolute atomic E-state index is 0.124. The van der Waals surface area contributed by atoms with E-state index in [0.717, 1.165) is 5.56 Å². The van der Waals surface area contributed by atoms with Crippen molar-refractivity contribution in [3.8, 4) is 0 Å². The molecule has 2 heterocycles. The highest BCUT2D eigenvalue weighted by molar-refractivity contribution is 5.94. The number of nitrogens with zero attached hydrogens (tertiary/aromatic N) is 1. The van der Waals surface area contributed by atoms with Gasteiger partial charge >= 0.3 is 0 Å². The average Bonchev–Trinajstić information content (AvgIpc) is 3.22. The number of carbonyl (C=O) groups excluding carboxylic acids is 2. The molecule has 1 aliphatic rings. The van der Waals surface area contributed by atoms with E-state index >= 15 is 0 Å². The molecule has 0 radical (unpaired) electrons. The Morgan fingerprint density at radius 2 is 2.16 bits per heavy atom. The molecule has 0 unspecified atom stereocenters. The molecule has 132 valence electrons. The van der Waals surface area contributed by atoms with Crippen LogP contribution in [-0.4, -0.2) is 35.5 Å². The Morgan fingerprint density at radius 1 is 1.32 bits per heavy atom. The molecule has 25 heavy (non-hydrogen) atoms. The molecule has 0 aliphatic carbocycles. The van der Waals surface area contributed by atoms with Gasteiger partial charge in [0.15, 0.2) is 0 Å². The monoisotopic (exact) mass is 345 g/mol. The first kappa shape index (κ1) is 17.2. The zero-order valence-electron chi connectivity index (χ0n) is 13.7. The highest BCUT2D eigenvalue weighted by Gasteiger charge is 2.35. The molecule has 1 aromatic carbocycles. The number of likely N-dealkylation sites (tertiary alicyclic amines) is 1. The number of primary amides is 1. The maximum Gasteiger partial charge on any atom is 0.251 e. The number of furan rings is 1. The molecular formula is C18H20FN3O3.